The van der Waals surface area contributed by atoms with Gasteiger partial charge in [-0.05, 0) is 47.4 Å². The van der Waals surface area contributed by atoms with E-state index in [4.69, 9.17) is 4.74 Å². The topological polar surface area (TPSA) is 105 Å². The molecule has 0 saturated carbocycles. The van der Waals surface area contributed by atoms with Crippen molar-refractivity contribution in [2.75, 3.05) is 6.61 Å². The molecule has 0 fully saturated rings. The molecule has 3 atom stereocenters. The van der Waals surface area contributed by atoms with Crippen molar-refractivity contribution in [3.63, 3.8) is 0 Å². The number of carboxylic acids is 1. The van der Waals surface area contributed by atoms with Crippen LogP contribution in [0.2, 0.25) is 0 Å². The Morgan fingerprint density at radius 3 is 2.17 bits per heavy atom. The van der Waals surface area contributed by atoms with Gasteiger partial charge in [0.05, 0.1) is 0 Å². The molecule has 2 aromatic rings. The zero-order valence-electron chi connectivity index (χ0n) is 20.3. The van der Waals surface area contributed by atoms with Crippen LogP contribution in [0.3, 0.4) is 0 Å². The average molecular weight is 479 g/mol. The molecule has 7 heteroatoms. The highest BCUT2D eigenvalue weighted by atomic mass is 16.5. The second-order valence-corrected chi connectivity index (χ2v) is 9.04. The number of hydrogen-bond acceptors (Lipinski definition) is 4. The lowest BCUT2D eigenvalue weighted by Gasteiger charge is -2.23. The summed E-state index contributed by atoms with van der Waals surface area (Å²) in [5, 5.41) is 14.7. The molecule has 0 spiro atoms. The smallest absolute Gasteiger partial charge is 0.407 e. The standard InChI is InChI=1S/C28H34N2O5/c1-4-6-15-24(26(31)29-25(27(32)33)16-18(3)5-2)30-28(34)35-17-23-21-13-9-7-11-19(21)20-12-8-10-14-22(20)23/h4,7-14,18,23-25H,1,5-6,15-17H2,2-3H3,(H,29,31)(H,30,34)(H,32,33). The van der Waals surface area contributed by atoms with Gasteiger partial charge in [-0.1, -0.05) is 74.9 Å². The van der Waals surface area contributed by atoms with Crippen molar-refractivity contribution >= 4 is 18.0 Å². The number of hydrogen-bond donors (Lipinski definition) is 3. The minimum absolute atomic E-state index is 0.0967. The number of carboxylic acid groups (broad SMARTS) is 1. The molecule has 3 unspecified atom stereocenters. The van der Waals surface area contributed by atoms with Crippen molar-refractivity contribution in [2.45, 2.75) is 57.5 Å². The third-order valence-corrected chi connectivity index (χ3v) is 6.56. The lowest BCUT2D eigenvalue weighted by atomic mass is 9.98. The maximum absolute atomic E-state index is 12.9. The van der Waals surface area contributed by atoms with Gasteiger partial charge >= 0.3 is 12.1 Å². The van der Waals surface area contributed by atoms with Crippen LogP contribution in [-0.2, 0) is 14.3 Å². The maximum atomic E-state index is 12.9. The minimum Gasteiger partial charge on any atom is -0.480 e. The summed E-state index contributed by atoms with van der Waals surface area (Å²) in [6, 6.07) is 14.1. The average Bonchev–Trinajstić information content (AvgIpc) is 3.18. The first kappa shape index (κ1) is 26.0. The van der Waals surface area contributed by atoms with Crippen LogP contribution in [-0.4, -0.2) is 41.8 Å². The number of rotatable bonds is 12. The molecule has 1 aliphatic rings. The van der Waals surface area contributed by atoms with E-state index in [-0.39, 0.29) is 24.9 Å². The number of benzene rings is 2. The molecule has 0 saturated heterocycles. The van der Waals surface area contributed by atoms with Crippen LogP contribution in [0.5, 0.6) is 0 Å². The Morgan fingerprint density at radius 2 is 1.63 bits per heavy atom. The quantitative estimate of drug-likeness (QED) is 0.378. The fraction of sp³-hybridized carbons (Fsp3) is 0.393. The number of amides is 2. The number of fused-ring (bicyclic) bond motifs is 3. The summed E-state index contributed by atoms with van der Waals surface area (Å²) in [5.41, 5.74) is 4.44. The first-order valence-corrected chi connectivity index (χ1v) is 12.1. The van der Waals surface area contributed by atoms with Crippen molar-refractivity contribution in [3.8, 4) is 11.1 Å². The maximum Gasteiger partial charge on any atom is 0.407 e. The predicted molar refractivity (Wildman–Crippen MR) is 135 cm³/mol. The van der Waals surface area contributed by atoms with Gasteiger partial charge in [-0.15, -0.1) is 6.58 Å². The van der Waals surface area contributed by atoms with E-state index >= 15 is 0 Å². The number of aliphatic carboxylic acids is 1. The summed E-state index contributed by atoms with van der Waals surface area (Å²) < 4.78 is 5.56. The van der Waals surface area contributed by atoms with Gasteiger partial charge in [-0.25, -0.2) is 9.59 Å². The second-order valence-electron chi connectivity index (χ2n) is 9.04. The van der Waals surface area contributed by atoms with Crippen LogP contribution in [0.4, 0.5) is 4.79 Å². The fourth-order valence-corrected chi connectivity index (χ4v) is 4.40. The molecule has 0 radical (unpaired) electrons. The molecule has 35 heavy (non-hydrogen) atoms. The molecule has 3 N–H and O–H groups in total. The van der Waals surface area contributed by atoms with Crippen molar-refractivity contribution in [2.24, 2.45) is 5.92 Å². The van der Waals surface area contributed by atoms with Crippen molar-refractivity contribution in [1.82, 2.24) is 10.6 Å². The van der Waals surface area contributed by atoms with Gasteiger partial charge in [0.2, 0.25) is 5.91 Å². The molecule has 1 aliphatic carbocycles. The van der Waals surface area contributed by atoms with Crippen LogP contribution in [0.25, 0.3) is 11.1 Å². The van der Waals surface area contributed by atoms with Crippen molar-refractivity contribution < 1.29 is 24.2 Å². The van der Waals surface area contributed by atoms with Crippen LogP contribution in [0.1, 0.15) is 56.6 Å². The highest BCUT2D eigenvalue weighted by Crippen LogP contribution is 2.44. The first-order valence-electron chi connectivity index (χ1n) is 12.1. The minimum atomic E-state index is -1.10. The van der Waals surface area contributed by atoms with Crippen molar-refractivity contribution in [1.29, 1.82) is 0 Å². The van der Waals surface area contributed by atoms with E-state index in [1.54, 1.807) is 6.08 Å². The molecule has 2 amide bonds. The SMILES string of the molecule is C=CCCC(NC(=O)OCC1c2ccccc2-c2ccccc21)C(=O)NC(CC(C)CC)C(=O)O. The van der Waals surface area contributed by atoms with Gasteiger partial charge < -0.3 is 20.5 Å². The predicted octanol–water partition coefficient (Wildman–Crippen LogP) is 4.87. The van der Waals surface area contributed by atoms with Crippen molar-refractivity contribution in [3.05, 3.63) is 72.3 Å². The Hall–Kier alpha value is -3.61. The first-order chi connectivity index (χ1) is 16.8. The van der Waals surface area contributed by atoms with Gasteiger partial charge in [-0.2, -0.15) is 0 Å². The summed E-state index contributed by atoms with van der Waals surface area (Å²) in [6.07, 6.45) is 2.81. The van der Waals surface area contributed by atoms with Gasteiger partial charge in [0.15, 0.2) is 0 Å². The number of alkyl carbamates (subject to hydrolysis) is 1. The third kappa shape index (κ3) is 6.50. The molecule has 186 valence electrons. The van der Waals surface area contributed by atoms with Gasteiger partial charge in [0.1, 0.15) is 18.7 Å². The number of allylic oxidation sites excluding steroid dienone is 1. The molecule has 0 heterocycles. The van der Waals surface area contributed by atoms with E-state index in [0.29, 0.717) is 12.8 Å². The third-order valence-electron chi connectivity index (χ3n) is 6.56. The summed E-state index contributed by atoms with van der Waals surface area (Å²) in [7, 11) is 0. The zero-order chi connectivity index (χ0) is 25.4. The van der Waals surface area contributed by atoms with E-state index in [9.17, 15) is 19.5 Å². The Morgan fingerprint density at radius 1 is 1.03 bits per heavy atom. The Kier molecular flexibility index (Phi) is 9.06. The van der Waals surface area contributed by atoms with E-state index in [1.807, 2.05) is 50.2 Å². The lowest BCUT2D eigenvalue weighted by Crippen LogP contribution is -2.52. The second kappa shape index (κ2) is 12.2. The van der Waals surface area contributed by atoms with E-state index in [1.165, 1.54) is 0 Å². The molecule has 2 aromatic carbocycles. The number of carbonyl (C=O) groups is 3. The molecular weight excluding hydrogens is 444 g/mol. The fourth-order valence-electron chi connectivity index (χ4n) is 4.40. The lowest BCUT2D eigenvalue weighted by molar-refractivity contribution is -0.142. The van der Waals surface area contributed by atoms with Gasteiger partial charge in [-0.3, -0.25) is 4.79 Å². The Labute approximate surface area is 206 Å². The van der Waals surface area contributed by atoms with Gasteiger partial charge in [0, 0.05) is 5.92 Å². The molecule has 0 aliphatic heterocycles. The summed E-state index contributed by atoms with van der Waals surface area (Å²) in [6.45, 7) is 7.70. The normalized spacial score (nSPS) is 14.7. The molecule has 0 aromatic heterocycles. The summed E-state index contributed by atoms with van der Waals surface area (Å²) in [5.74, 6) is -1.60. The Balaban J connectivity index is 1.65. The molecular formula is C28H34N2O5. The highest BCUT2D eigenvalue weighted by Gasteiger charge is 2.30. The summed E-state index contributed by atoms with van der Waals surface area (Å²) >= 11 is 0. The molecule has 7 nitrogen and oxygen atoms in total. The monoisotopic (exact) mass is 478 g/mol. The van der Waals surface area contributed by atoms with Crippen LogP contribution in [0.15, 0.2) is 61.2 Å². The van der Waals surface area contributed by atoms with E-state index in [2.05, 4.69) is 29.3 Å². The van der Waals surface area contributed by atoms with Crippen LogP contribution < -0.4 is 10.6 Å². The Bertz CT molecular complexity index is 1020. The largest absolute Gasteiger partial charge is 0.480 e. The van der Waals surface area contributed by atoms with E-state index in [0.717, 1.165) is 28.7 Å². The highest BCUT2D eigenvalue weighted by molar-refractivity contribution is 5.89. The zero-order valence-corrected chi connectivity index (χ0v) is 20.3. The van der Waals surface area contributed by atoms with E-state index < -0.39 is 30.1 Å². The number of carbonyl (C=O) groups excluding carboxylic acids is 2. The van der Waals surface area contributed by atoms with Crippen LogP contribution >= 0.6 is 0 Å². The molecule has 3 rings (SSSR count). The number of nitrogens with one attached hydrogen (secondary N) is 2. The number of ether oxygens (including phenoxy) is 1. The molecule has 0 bridgehead atoms. The van der Waals surface area contributed by atoms with Crippen LogP contribution in [0, 0.1) is 5.92 Å². The van der Waals surface area contributed by atoms with Gasteiger partial charge in [0.25, 0.3) is 0 Å². The summed E-state index contributed by atoms with van der Waals surface area (Å²) in [4.78, 5) is 37.2.